The van der Waals surface area contributed by atoms with Gasteiger partial charge in [0.25, 0.3) is 5.91 Å². The van der Waals surface area contributed by atoms with E-state index in [1.165, 1.54) is 5.56 Å². The fourth-order valence-corrected chi connectivity index (χ4v) is 3.14. The second-order valence-electron chi connectivity index (χ2n) is 6.76. The molecule has 3 rings (SSSR count). The first-order valence-electron chi connectivity index (χ1n) is 9.44. The number of piperazine rings is 1. The Morgan fingerprint density at radius 1 is 1.26 bits per heavy atom. The molecule has 1 N–H and O–H groups in total. The number of hydrogen-bond acceptors (Lipinski definition) is 6. The van der Waals surface area contributed by atoms with Crippen LogP contribution in [0.5, 0.6) is 11.5 Å². The van der Waals surface area contributed by atoms with E-state index in [-0.39, 0.29) is 18.3 Å². The minimum Gasteiger partial charge on any atom is -0.454 e. The van der Waals surface area contributed by atoms with Crippen LogP contribution in [0.4, 0.5) is 0 Å². The fourth-order valence-electron chi connectivity index (χ4n) is 3.14. The number of carbonyl (C=O) groups is 1. The van der Waals surface area contributed by atoms with Crippen molar-refractivity contribution in [3.05, 3.63) is 35.5 Å². The number of hydrogen-bond donors (Lipinski definition) is 1. The molecule has 0 atom stereocenters. The highest BCUT2D eigenvalue weighted by molar-refractivity contribution is 5.97. The molecule has 7 heteroatoms. The Balaban J connectivity index is 1.49. The maximum absolute atomic E-state index is 12.1. The lowest BCUT2D eigenvalue weighted by atomic mass is 10.1. The number of nitrogens with one attached hydrogen (secondary N) is 1. The monoisotopic (exact) mass is 370 g/mol. The summed E-state index contributed by atoms with van der Waals surface area (Å²) >= 11 is 0. The number of rotatable bonds is 7. The van der Waals surface area contributed by atoms with Gasteiger partial charge < -0.3 is 19.7 Å². The molecule has 0 saturated carbocycles. The van der Waals surface area contributed by atoms with Gasteiger partial charge in [0, 0.05) is 45.5 Å². The number of nitrogens with zero attached hydrogens (tertiary/aromatic N) is 3. The fraction of sp³-hybridized carbons (Fsp3) is 0.500. The van der Waals surface area contributed by atoms with E-state index in [0.717, 1.165) is 57.1 Å². The van der Waals surface area contributed by atoms with Gasteiger partial charge in [-0.05, 0) is 24.1 Å². The third-order valence-corrected chi connectivity index (χ3v) is 4.74. The van der Waals surface area contributed by atoms with Gasteiger partial charge in [0.05, 0.1) is 0 Å². The molecule has 1 aromatic rings. The Kier molecular flexibility index (Phi) is 6.55. The van der Waals surface area contributed by atoms with Crippen molar-refractivity contribution < 1.29 is 14.3 Å². The summed E-state index contributed by atoms with van der Waals surface area (Å²) in [4.78, 5) is 16.5. The molecule has 2 aliphatic heterocycles. The van der Waals surface area contributed by atoms with Crippen molar-refractivity contribution in [1.82, 2.24) is 15.1 Å². The highest BCUT2D eigenvalue weighted by Gasteiger charge is 2.19. The maximum Gasteiger partial charge on any atom is 0.263 e. The molecule has 1 saturated heterocycles. The van der Waals surface area contributed by atoms with E-state index in [1.807, 2.05) is 23.1 Å². The Labute approximate surface area is 160 Å². The van der Waals surface area contributed by atoms with Crippen molar-refractivity contribution in [2.75, 3.05) is 39.5 Å². The summed E-state index contributed by atoms with van der Waals surface area (Å²) in [5, 5.41) is 12.1. The predicted octanol–water partition coefficient (Wildman–Crippen LogP) is 1.86. The number of carbonyl (C=O) groups excluding carboxylic acids is 1. The summed E-state index contributed by atoms with van der Waals surface area (Å²) in [5.74, 6) is 1.32. The van der Waals surface area contributed by atoms with Gasteiger partial charge in [-0.2, -0.15) is 5.26 Å². The van der Waals surface area contributed by atoms with Crippen LogP contribution in [0, 0.1) is 11.3 Å². The zero-order valence-electron chi connectivity index (χ0n) is 15.7. The van der Waals surface area contributed by atoms with Crippen LogP contribution in [0.3, 0.4) is 0 Å². The van der Waals surface area contributed by atoms with E-state index in [1.54, 1.807) is 6.20 Å². The maximum atomic E-state index is 12.1. The number of nitriles is 1. The summed E-state index contributed by atoms with van der Waals surface area (Å²) < 4.78 is 10.8. The molecule has 144 valence electrons. The molecule has 1 fully saturated rings. The van der Waals surface area contributed by atoms with E-state index in [2.05, 4.69) is 23.2 Å². The van der Waals surface area contributed by atoms with Crippen LogP contribution in [-0.2, 0) is 11.3 Å². The van der Waals surface area contributed by atoms with Crippen LogP contribution < -0.4 is 14.8 Å². The number of amides is 1. The zero-order valence-corrected chi connectivity index (χ0v) is 15.7. The zero-order chi connectivity index (χ0) is 19.1. The highest BCUT2D eigenvalue weighted by Crippen LogP contribution is 2.32. The third kappa shape index (κ3) is 5.14. The summed E-state index contributed by atoms with van der Waals surface area (Å²) in [6.45, 7) is 7.14. The van der Waals surface area contributed by atoms with Crippen LogP contribution >= 0.6 is 0 Å². The van der Waals surface area contributed by atoms with Crippen LogP contribution in [-0.4, -0.2) is 55.2 Å². The molecule has 0 radical (unpaired) electrons. The second kappa shape index (κ2) is 9.28. The van der Waals surface area contributed by atoms with Crippen molar-refractivity contribution in [3.63, 3.8) is 0 Å². The van der Waals surface area contributed by atoms with E-state index in [0.29, 0.717) is 6.54 Å². The predicted molar refractivity (Wildman–Crippen MR) is 101 cm³/mol. The van der Waals surface area contributed by atoms with E-state index in [9.17, 15) is 10.1 Å². The first-order chi connectivity index (χ1) is 13.2. The lowest BCUT2D eigenvalue weighted by molar-refractivity contribution is -0.117. The van der Waals surface area contributed by atoms with Crippen LogP contribution in [0.25, 0.3) is 0 Å². The highest BCUT2D eigenvalue weighted by atomic mass is 16.7. The number of ether oxygens (including phenoxy) is 2. The molecule has 0 aliphatic carbocycles. The Morgan fingerprint density at radius 3 is 2.78 bits per heavy atom. The van der Waals surface area contributed by atoms with Crippen molar-refractivity contribution in [2.24, 2.45) is 0 Å². The van der Waals surface area contributed by atoms with E-state index in [4.69, 9.17) is 9.47 Å². The summed E-state index contributed by atoms with van der Waals surface area (Å²) in [5.41, 5.74) is 1.37. The molecular weight excluding hydrogens is 344 g/mol. The molecule has 7 nitrogen and oxygen atoms in total. The normalized spacial score (nSPS) is 16.9. The SMILES string of the molecule is CCCCNC(=O)C(C#N)=CN1CCN(Cc2ccc3c(c2)OCO3)CC1. The van der Waals surface area contributed by atoms with Gasteiger partial charge in [-0.1, -0.05) is 19.4 Å². The lowest BCUT2D eigenvalue weighted by Crippen LogP contribution is -2.44. The molecular formula is C20H26N4O3. The topological polar surface area (TPSA) is 77.8 Å². The first-order valence-corrected chi connectivity index (χ1v) is 9.44. The van der Waals surface area contributed by atoms with Crippen LogP contribution in [0.2, 0.25) is 0 Å². The van der Waals surface area contributed by atoms with Gasteiger partial charge in [0.2, 0.25) is 6.79 Å². The Morgan fingerprint density at radius 2 is 2.04 bits per heavy atom. The molecule has 2 aliphatic rings. The largest absolute Gasteiger partial charge is 0.454 e. The molecule has 0 spiro atoms. The third-order valence-electron chi connectivity index (χ3n) is 4.74. The Hall–Kier alpha value is -2.72. The minimum absolute atomic E-state index is 0.176. The van der Waals surface area contributed by atoms with Gasteiger partial charge in [0.1, 0.15) is 11.6 Å². The molecule has 2 heterocycles. The number of benzene rings is 1. The van der Waals surface area contributed by atoms with Crippen LogP contribution in [0.15, 0.2) is 30.0 Å². The number of fused-ring (bicyclic) bond motifs is 1. The van der Waals surface area contributed by atoms with Crippen LogP contribution in [0.1, 0.15) is 25.3 Å². The average Bonchev–Trinajstić information content (AvgIpc) is 3.15. The smallest absolute Gasteiger partial charge is 0.263 e. The molecule has 0 bridgehead atoms. The van der Waals surface area contributed by atoms with Gasteiger partial charge >= 0.3 is 0 Å². The van der Waals surface area contributed by atoms with Gasteiger partial charge in [-0.25, -0.2) is 0 Å². The van der Waals surface area contributed by atoms with Gasteiger partial charge in [0.15, 0.2) is 11.5 Å². The van der Waals surface area contributed by atoms with Gasteiger partial charge in [-0.3, -0.25) is 9.69 Å². The first kappa shape index (κ1) is 19.1. The summed E-state index contributed by atoms with van der Waals surface area (Å²) in [6, 6.07) is 8.06. The van der Waals surface area contributed by atoms with E-state index < -0.39 is 0 Å². The Bertz CT molecular complexity index is 733. The van der Waals surface area contributed by atoms with Gasteiger partial charge in [-0.15, -0.1) is 0 Å². The summed E-state index contributed by atoms with van der Waals surface area (Å²) in [7, 11) is 0. The lowest BCUT2D eigenvalue weighted by Gasteiger charge is -2.34. The quantitative estimate of drug-likeness (QED) is 0.448. The van der Waals surface area contributed by atoms with Crippen molar-refractivity contribution >= 4 is 5.91 Å². The molecule has 0 aromatic heterocycles. The molecule has 27 heavy (non-hydrogen) atoms. The molecule has 1 amide bonds. The average molecular weight is 370 g/mol. The van der Waals surface area contributed by atoms with Crippen molar-refractivity contribution in [2.45, 2.75) is 26.3 Å². The standard InChI is InChI=1S/C20H26N4O3/c1-2-3-6-22-20(25)17(12-21)14-24-9-7-23(8-10-24)13-16-4-5-18-19(11-16)27-15-26-18/h4-5,11,14H,2-3,6-10,13,15H2,1H3,(H,22,25). The van der Waals surface area contributed by atoms with E-state index >= 15 is 0 Å². The molecule has 1 aromatic carbocycles. The molecule has 0 unspecified atom stereocenters. The number of unbranched alkanes of at least 4 members (excludes halogenated alkanes) is 1. The second-order valence-corrected chi connectivity index (χ2v) is 6.76. The summed E-state index contributed by atoms with van der Waals surface area (Å²) in [6.07, 6.45) is 3.62. The van der Waals surface area contributed by atoms with Crippen molar-refractivity contribution in [1.29, 1.82) is 5.26 Å². The van der Waals surface area contributed by atoms with Crippen molar-refractivity contribution in [3.8, 4) is 17.6 Å². The minimum atomic E-state index is -0.284.